The minimum atomic E-state index is -0.532. The van der Waals surface area contributed by atoms with Crippen LogP contribution in [0.4, 0.5) is 10.5 Å². The number of hydrogen-bond donors (Lipinski definition) is 0. The van der Waals surface area contributed by atoms with E-state index >= 15 is 0 Å². The first-order valence-electron chi connectivity index (χ1n) is 7.75. The third kappa shape index (κ3) is 4.04. The van der Waals surface area contributed by atoms with Gasteiger partial charge in [-0.15, -0.1) is 0 Å². The van der Waals surface area contributed by atoms with E-state index in [9.17, 15) is 9.59 Å². The number of carbonyl (C=O) groups excluding carboxylic acids is 2. The summed E-state index contributed by atoms with van der Waals surface area (Å²) in [5.41, 5.74) is 3.25. The molecule has 0 saturated heterocycles. The molecule has 130 valence electrons. The van der Waals surface area contributed by atoms with Gasteiger partial charge in [0.25, 0.3) is 0 Å². The van der Waals surface area contributed by atoms with Crippen LogP contribution in [0.2, 0.25) is 0 Å². The molecule has 1 heterocycles. The summed E-state index contributed by atoms with van der Waals surface area (Å²) < 4.78 is 6.49. The fourth-order valence-corrected chi connectivity index (χ4v) is 2.71. The van der Waals surface area contributed by atoms with Gasteiger partial charge < -0.3 is 4.74 Å². The Kier molecular flexibility index (Phi) is 5.55. The molecule has 2 aromatic rings. The number of amides is 1. The lowest BCUT2D eigenvalue weighted by Crippen LogP contribution is -2.31. The van der Waals surface area contributed by atoms with Gasteiger partial charge in [-0.05, 0) is 38.5 Å². The van der Waals surface area contributed by atoms with Crippen LogP contribution in [0.1, 0.15) is 29.4 Å². The molecule has 1 aromatic carbocycles. The third-order valence-electron chi connectivity index (χ3n) is 3.78. The molecule has 0 aliphatic carbocycles. The molecule has 0 radical (unpaired) electrons. The fraction of sp³-hybridized carbons (Fsp3) is 0.333. The van der Waals surface area contributed by atoms with Gasteiger partial charge >= 0.3 is 6.09 Å². The summed E-state index contributed by atoms with van der Waals surface area (Å²) in [4.78, 5) is 25.2. The number of carbonyl (C=O) groups is 2. The summed E-state index contributed by atoms with van der Waals surface area (Å²) in [5, 5.41) is 13.4. The number of rotatable bonds is 5. The first-order valence-corrected chi connectivity index (χ1v) is 7.75. The van der Waals surface area contributed by atoms with Crippen LogP contribution >= 0.6 is 0 Å². The first kappa shape index (κ1) is 18.2. The molecule has 1 amide bonds. The Balaban J connectivity index is 2.45. The van der Waals surface area contributed by atoms with Crippen molar-refractivity contribution in [3.05, 3.63) is 46.8 Å². The molecule has 0 aliphatic rings. The Bertz CT molecular complexity index is 848. The standard InChI is InChI=1S/C18H20N4O3/c1-12(23)10-22-14(3)17(13(2)20-22)21(18(24)25-4)11-16-7-5-6-15(8-16)9-19/h5-8H,10-11H2,1-4H3. The van der Waals surface area contributed by atoms with E-state index in [-0.39, 0.29) is 18.9 Å². The predicted octanol–water partition coefficient (Wildman–Crippen LogP) is 2.73. The number of ketones is 1. The predicted molar refractivity (Wildman–Crippen MR) is 92.1 cm³/mol. The van der Waals surface area contributed by atoms with Gasteiger partial charge in [0.2, 0.25) is 0 Å². The van der Waals surface area contributed by atoms with Gasteiger partial charge in [-0.1, -0.05) is 12.1 Å². The Morgan fingerprint density at radius 1 is 1.36 bits per heavy atom. The van der Waals surface area contributed by atoms with Crippen LogP contribution < -0.4 is 4.90 Å². The summed E-state index contributed by atoms with van der Waals surface area (Å²) in [7, 11) is 1.31. The van der Waals surface area contributed by atoms with Crippen molar-refractivity contribution in [1.29, 1.82) is 5.26 Å². The molecule has 0 bridgehead atoms. The van der Waals surface area contributed by atoms with Crippen LogP contribution in [-0.2, 0) is 22.6 Å². The molecular formula is C18H20N4O3. The van der Waals surface area contributed by atoms with Crippen LogP contribution in [0.3, 0.4) is 0 Å². The number of aryl methyl sites for hydroxylation is 1. The summed E-state index contributed by atoms with van der Waals surface area (Å²) >= 11 is 0. The van der Waals surface area contributed by atoms with E-state index in [1.54, 1.807) is 36.7 Å². The maximum absolute atomic E-state index is 12.3. The van der Waals surface area contributed by atoms with Gasteiger partial charge in [-0.25, -0.2) is 4.79 Å². The minimum Gasteiger partial charge on any atom is -0.452 e. The first-order chi connectivity index (χ1) is 11.9. The number of nitriles is 1. The zero-order valence-corrected chi connectivity index (χ0v) is 14.7. The zero-order chi connectivity index (χ0) is 18.6. The monoisotopic (exact) mass is 340 g/mol. The van der Waals surface area contributed by atoms with Gasteiger partial charge in [-0.2, -0.15) is 10.4 Å². The molecule has 25 heavy (non-hydrogen) atoms. The van der Waals surface area contributed by atoms with Crippen LogP contribution in [0.15, 0.2) is 24.3 Å². The van der Waals surface area contributed by atoms with Crippen LogP contribution in [-0.4, -0.2) is 28.8 Å². The Morgan fingerprint density at radius 2 is 2.08 bits per heavy atom. The van der Waals surface area contributed by atoms with E-state index in [1.807, 2.05) is 6.07 Å². The van der Waals surface area contributed by atoms with E-state index in [0.717, 1.165) is 5.56 Å². The zero-order valence-electron chi connectivity index (χ0n) is 14.7. The van der Waals surface area contributed by atoms with E-state index < -0.39 is 6.09 Å². The highest BCUT2D eigenvalue weighted by Crippen LogP contribution is 2.27. The molecular weight excluding hydrogens is 320 g/mol. The highest BCUT2D eigenvalue weighted by atomic mass is 16.5. The SMILES string of the molecule is COC(=O)N(Cc1cccc(C#N)c1)c1c(C)nn(CC(C)=O)c1C. The summed E-state index contributed by atoms with van der Waals surface area (Å²) in [5.74, 6) is -0.0245. The molecule has 0 atom stereocenters. The van der Waals surface area contributed by atoms with Crippen molar-refractivity contribution in [2.24, 2.45) is 0 Å². The lowest BCUT2D eigenvalue weighted by Gasteiger charge is -2.22. The number of methoxy groups -OCH3 is 1. The number of hydrogen-bond acceptors (Lipinski definition) is 5. The molecule has 0 spiro atoms. The smallest absolute Gasteiger partial charge is 0.414 e. The van der Waals surface area contributed by atoms with Crippen LogP contribution in [0.5, 0.6) is 0 Å². The van der Waals surface area contributed by atoms with E-state index in [1.165, 1.54) is 18.9 Å². The second-order valence-electron chi connectivity index (χ2n) is 5.75. The normalized spacial score (nSPS) is 10.2. The average Bonchev–Trinajstić information content (AvgIpc) is 2.85. The molecule has 2 rings (SSSR count). The van der Waals surface area contributed by atoms with Gasteiger partial charge in [0.15, 0.2) is 5.78 Å². The highest BCUT2D eigenvalue weighted by molar-refractivity contribution is 5.89. The van der Waals surface area contributed by atoms with Crippen molar-refractivity contribution >= 4 is 17.6 Å². The lowest BCUT2D eigenvalue weighted by atomic mass is 10.1. The molecule has 0 aliphatic heterocycles. The lowest BCUT2D eigenvalue weighted by molar-refractivity contribution is -0.117. The average molecular weight is 340 g/mol. The Hall–Kier alpha value is -3.14. The summed E-state index contributed by atoms with van der Waals surface area (Å²) in [6, 6.07) is 9.11. The van der Waals surface area contributed by atoms with Crippen LogP contribution in [0, 0.1) is 25.2 Å². The van der Waals surface area contributed by atoms with Crippen molar-refractivity contribution in [3.8, 4) is 6.07 Å². The van der Waals surface area contributed by atoms with Crippen molar-refractivity contribution < 1.29 is 14.3 Å². The number of Topliss-reactive ketones (excluding diaryl/α,β-unsaturated/α-hetero) is 1. The molecule has 0 unspecified atom stereocenters. The Labute approximate surface area is 146 Å². The van der Waals surface area contributed by atoms with Gasteiger partial charge in [0.05, 0.1) is 48.9 Å². The molecule has 7 nitrogen and oxygen atoms in total. The molecule has 0 N–H and O–H groups in total. The van der Waals surface area contributed by atoms with E-state index in [0.29, 0.717) is 22.6 Å². The number of nitrogens with zero attached hydrogens (tertiary/aromatic N) is 4. The number of benzene rings is 1. The Morgan fingerprint density at radius 3 is 2.68 bits per heavy atom. The van der Waals surface area contributed by atoms with Crippen molar-refractivity contribution in [1.82, 2.24) is 9.78 Å². The van der Waals surface area contributed by atoms with E-state index in [2.05, 4.69) is 11.2 Å². The quantitative estimate of drug-likeness (QED) is 0.835. The maximum atomic E-state index is 12.3. The number of aromatic nitrogens is 2. The molecule has 0 saturated carbocycles. The number of anilines is 1. The van der Waals surface area contributed by atoms with Crippen LogP contribution in [0.25, 0.3) is 0 Å². The summed E-state index contributed by atoms with van der Waals surface area (Å²) in [6.07, 6.45) is -0.532. The van der Waals surface area contributed by atoms with Crippen molar-refractivity contribution in [3.63, 3.8) is 0 Å². The molecule has 7 heteroatoms. The van der Waals surface area contributed by atoms with Crippen molar-refractivity contribution in [2.45, 2.75) is 33.9 Å². The topological polar surface area (TPSA) is 88.2 Å². The molecule has 1 aromatic heterocycles. The fourth-order valence-electron chi connectivity index (χ4n) is 2.71. The van der Waals surface area contributed by atoms with E-state index in [4.69, 9.17) is 10.00 Å². The van der Waals surface area contributed by atoms with Crippen molar-refractivity contribution in [2.75, 3.05) is 12.0 Å². The third-order valence-corrected chi connectivity index (χ3v) is 3.78. The van der Waals surface area contributed by atoms with Gasteiger partial charge in [0, 0.05) is 0 Å². The highest BCUT2D eigenvalue weighted by Gasteiger charge is 2.25. The second kappa shape index (κ2) is 7.62. The summed E-state index contributed by atoms with van der Waals surface area (Å²) in [6.45, 7) is 5.45. The largest absolute Gasteiger partial charge is 0.452 e. The van der Waals surface area contributed by atoms with Gasteiger partial charge in [0.1, 0.15) is 0 Å². The maximum Gasteiger partial charge on any atom is 0.414 e. The number of ether oxygens (including phenoxy) is 1. The van der Waals surface area contributed by atoms with Gasteiger partial charge in [-0.3, -0.25) is 14.4 Å². The second-order valence-corrected chi connectivity index (χ2v) is 5.75. The minimum absolute atomic E-state index is 0.0245. The molecule has 0 fully saturated rings.